The second kappa shape index (κ2) is 6.86. The van der Waals surface area contributed by atoms with Crippen molar-refractivity contribution < 1.29 is 14.3 Å². The Labute approximate surface area is 113 Å². The Bertz CT molecular complexity index is 325. The molecule has 19 heavy (non-hydrogen) atoms. The van der Waals surface area contributed by atoms with Crippen LogP contribution in [-0.4, -0.2) is 55.6 Å². The summed E-state index contributed by atoms with van der Waals surface area (Å²) < 4.78 is 5.19. The standard InChI is InChI=1S/C13H23N3O3/c14-9-11(10-1-2-10)15-12(17)3-4-13(18)16-5-7-19-8-6-16/h10-11H,1-9,14H2,(H,15,17). The lowest BCUT2D eigenvalue weighted by molar-refractivity contribution is -0.137. The maximum Gasteiger partial charge on any atom is 0.223 e. The van der Waals surface area contributed by atoms with Gasteiger partial charge in [0.25, 0.3) is 0 Å². The first-order chi connectivity index (χ1) is 9.20. The van der Waals surface area contributed by atoms with E-state index in [1.54, 1.807) is 4.90 Å². The van der Waals surface area contributed by atoms with Gasteiger partial charge in [0, 0.05) is 38.5 Å². The van der Waals surface area contributed by atoms with Crippen molar-refractivity contribution in [2.24, 2.45) is 11.7 Å². The third-order valence-electron chi connectivity index (χ3n) is 3.72. The van der Waals surface area contributed by atoms with Gasteiger partial charge in [0.2, 0.25) is 11.8 Å². The van der Waals surface area contributed by atoms with E-state index < -0.39 is 0 Å². The smallest absolute Gasteiger partial charge is 0.223 e. The lowest BCUT2D eigenvalue weighted by Gasteiger charge is -2.26. The second-order valence-corrected chi connectivity index (χ2v) is 5.24. The molecule has 0 radical (unpaired) electrons. The van der Waals surface area contributed by atoms with Crippen molar-refractivity contribution in [1.82, 2.24) is 10.2 Å². The molecule has 2 aliphatic rings. The van der Waals surface area contributed by atoms with Gasteiger partial charge in [0.15, 0.2) is 0 Å². The maximum atomic E-state index is 11.9. The summed E-state index contributed by atoms with van der Waals surface area (Å²) in [7, 11) is 0. The number of nitrogens with zero attached hydrogens (tertiary/aromatic N) is 1. The average Bonchev–Trinajstić information content (AvgIpc) is 3.27. The number of nitrogens with one attached hydrogen (secondary N) is 1. The van der Waals surface area contributed by atoms with E-state index in [0.29, 0.717) is 38.8 Å². The fourth-order valence-electron chi connectivity index (χ4n) is 2.34. The minimum atomic E-state index is -0.0658. The molecule has 108 valence electrons. The van der Waals surface area contributed by atoms with Gasteiger partial charge >= 0.3 is 0 Å². The molecule has 0 aromatic heterocycles. The predicted octanol–water partition coefficient (Wildman–Crippen LogP) is -0.521. The van der Waals surface area contributed by atoms with Crippen LogP contribution in [0.4, 0.5) is 0 Å². The number of ether oxygens (including phenoxy) is 1. The van der Waals surface area contributed by atoms with Crippen molar-refractivity contribution in [1.29, 1.82) is 0 Å². The molecule has 1 heterocycles. The molecule has 0 aromatic rings. The van der Waals surface area contributed by atoms with Gasteiger partial charge in [0.1, 0.15) is 0 Å². The molecule has 3 N–H and O–H groups in total. The molecule has 1 aliphatic carbocycles. The number of carbonyl (C=O) groups is 2. The number of carbonyl (C=O) groups excluding carboxylic acids is 2. The topological polar surface area (TPSA) is 84.7 Å². The normalized spacial score (nSPS) is 21.0. The van der Waals surface area contributed by atoms with E-state index in [1.807, 2.05) is 0 Å². The number of morpholine rings is 1. The van der Waals surface area contributed by atoms with Crippen molar-refractivity contribution in [2.45, 2.75) is 31.7 Å². The summed E-state index contributed by atoms with van der Waals surface area (Å²) in [4.78, 5) is 25.4. The van der Waals surface area contributed by atoms with Crippen LogP contribution in [0.5, 0.6) is 0 Å². The van der Waals surface area contributed by atoms with Crippen molar-refractivity contribution in [3.63, 3.8) is 0 Å². The average molecular weight is 269 g/mol. The van der Waals surface area contributed by atoms with Gasteiger partial charge < -0.3 is 20.7 Å². The van der Waals surface area contributed by atoms with Crippen LogP contribution in [0.25, 0.3) is 0 Å². The van der Waals surface area contributed by atoms with Crippen molar-refractivity contribution in [3.05, 3.63) is 0 Å². The first-order valence-corrected chi connectivity index (χ1v) is 7.05. The summed E-state index contributed by atoms with van der Waals surface area (Å²) in [5, 5.41) is 2.93. The van der Waals surface area contributed by atoms with Gasteiger partial charge in [-0.25, -0.2) is 0 Å². The van der Waals surface area contributed by atoms with Crippen LogP contribution in [-0.2, 0) is 14.3 Å². The first-order valence-electron chi connectivity index (χ1n) is 7.05. The van der Waals surface area contributed by atoms with Crippen LogP contribution in [0.1, 0.15) is 25.7 Å². The molecule has 6 nitrogen and oxygen atoms in total. The monoisotopic (exact) mass is 269 g/mol. The number of amides is 2. The molecule has 1 aliphatic heterocycles. The molecular weight excluding hydrogens is 246 g/mol. The zero-order valence-corrected chi connectivity index (χ0v) is 11.3. The van der Waals surface area contributed by atoms with Gasteiger partial charge in [-0.1, -0.05) is 0 Å². The molecular formula is C13H23N3O3. The Hall–Kier alpha value is -1.14. The molecule has 2 rings (SSSR count). The van der Waals surface area contributed by atoms with Crippen LogP contribution in [0.2, 0.25) is 0 Å². The van der Waals surface area contributed by atoms with E-state index in [0.717, 1.165) is 12.8 Å². The Morgan fingerprint density at radius 3 is 2.53 bits per heavy atom. The Morgan fingerprint density at radius 1 is 1.26 bits per heavy atom. The van der Waals surface area contributed by atoms with Crippen LogP contribution in [0.3, 0.4) is 0 Å². The molecule has 1 atom stereocenters. The highest BCUT2D eigenvalue weighted by atomic mass is 16.5. The summed E-state index contributed by atoms with van der Waals surface area (Å²) in [5.74, 6) is 0.516. The number of hydrogen-bond donors (Lipinski definition) is 2. The van der Waals surface area contributed by atoms with Crippen LogP contribution in [0.15, 0.2) is 0 Å². The Morgan fingerprint density at radius 2 is 1.95 bits per heavy atom. The summed E-state index contributed by atoms with van der Waals surface area (Å²) in [6.45, 7) is 2.93. The van der Waals surface area contributed by atoms with Gasteiger partial charge in [-0.2, -0.15) is 0 Å². The predicted molar refractivity (Wildman–Crippen MR) is 70.3 cm³/mol. The molecule has 0 aromatic carbocycles. The largest absolute Gasteiger partial charge is 0.378 e. The highest BCUT2D eigenvalue weighted by Gasteiger charge is 2.31. The quantitative estimate of drug-likeness (QED) is 0.679. The molecule has 1 saturated heterocycles. The lowest BCUT2D eigenvalue weighted by atomic mass is 10.1. The number of hydrogen-bond acceptors (Lipinski definition) is 4. The van der Waals surface area contributed by atoms with Crippen molar-refractivity contribution in [2.75, 3.05) is 32.8 Å². The third kappa shape index (κ3) is 4.47. The van der Waals surface area contributed by atoms with Crippen LogP contribution in [0, 0.1) is 5.92 Å². The summed E-state index contributed by atoms with van der Waals surface area (Å²) in [6, 6.07) is 0.0889. The van der Waals surface area contributed by atoms with Gasteiger partial charge in [0.05, 0.1) is 13.2 Å². The minimum Gasteiger partial charge on any atom is -0.378 e. The van der Waals surface area contributed by atoms with E-state index in [-0.39, 0.29) is 30.7 Å². The molecule has 2 amide bonds. The molecule has 1 unspecified atom stereocenters. The van der Waals surface area contributed by atoms with E-state index in [2.05, 4.69) is 5.32 Å². The molecule has 1 saturated carbocycles. The Balaban J connectivity index is 1.65. The SMILES string of the molecule is NCC(NC(=O)CCC(=O)N1CCOCC1)C1CC1. The Kier molecular flexibility index (Phi) is 5.15. The van der Waals surface area contributed by atoms with Gasteiger partial charge in [-0.15, -0.1) is 0 Å². The zero-order valence-electron chi connectivity index (χ0n) is 11.3. The van der Waals surface area contributed by atoms with E-state index in [1.165, 1.54) is 0 Å². The van der Waals surface area contributed by atoms with Gasteiger partial charge in [-0.3, -0.25) is 9.59 Å². The number of nitrogens with two attached hydrogens (primary N) is 1. The van der Waals surface area contributed by atoms with E-state index in [4.69, 9.17) is 10.5 Å². The summed E-state index contributed by atoms with van der Waals surface area (Å²) in [5.41, 5.74) is 5.63. The molecule has 0 bridgehead atoms. The van der Waals surface area contributed by atoms with Gasteiger partial charge in [-0.05, 0) is 18.8 Å². The zero-order chi connectivity index (χ0) is 13.7. The number of rotatable bonds is 6. The molecule has 2 fully saturated rings. The summed E-state index contributed by atoms with van der Waals surface area (Å²) in [6.07, 6.45) is 2.82. The first kappa shape index (κ1) is 14.3. The van der Waals surface area contributed by atoms with Crippen LogP contribution >= 0.6 is 0 Å². The highest BCUT2D eigenvalue weighted by Crippen LogP contribution is 2.32. The highest BCUT2D eigenvalue weighted by molar-refractivity contribution is 5.84. The van der Waals surface area contributed by atoms with E-state index in [9.17, 15) is 9.59 Å². The van der Waals surface area contributed by atoms with E-state index >= 15 is 0 Å². The summed E-state index contributed by atoms with van der Waals surface area (Å²) >= 11 is 0. The molecule has 6 heteroatoms. The minimum absolute atomic E-state index is 0.0363. The maximum absolute atomic E-state index is 11.9. The molecule has 0 spiro atoms. The second-order valence-electron chi connectivity index (χ2n) is 5.24. The third-order valence-corrected chi connectivity index (χ3v) is 3.72. The van der Waals surface area contributed by atoms with Crippen molar-refractivity contribution in [3.8, 4) is 0 Å². The lowest BCUT2D eigenvalue weighted by Crippen LogP contribution is -2.43. The fraction of sp³-hybridized carbons (Fsp3) is 0.846. The van der Waals surface area contributed by atoms with Crippen molar-refractivity contribution >= 4 is 11.8 Å². The fourth-order valence-corrected chi connectivity index (χ4v) is 2.34. The van der Waals surface area contributed by atoms with Crippen LogP contribution < -0.4 is 11.1 Å².